The summed E-state index contributed by atoms with van der Waals surface area (Å²) in [6, 6.07) is 7.66. The van der Waals surface area contributed by atoms with Gasteiger partial charge in [-0.3, -0.25) is 14.7 Å². The van der Waals surface area contributed by atoms with Crippen LogP contribution in [0.3, 0.4) is 0 Å². The number of hydrogen-bond acceptors (Lipinski definition) is 7. The highest BCUT2D eigenvalue weighted by Crippen LogP contribution is 2.41. The minimum atomic E-state index is -1.23. The second kappa shape index (κ2) is 12.7. The van der Waals surface area contributed by atoms with Crippen LogP contribution in [0.15, 0.2) is 40.5 Å². The number of aliphatic hydroxyl groups is 1. The van der Waals surface area contributed by atoms with Crippen LogP contribution >= 0.6 is 11.8 Å². The number of nitrogens with zero attached hydrogens (tertiary/aromatic N) is 2. The van der Waals surface area contributed by atoms with E-state index < -0.39 is 29.9 Å². The second-order valence-corrected chi connectivity index (χ2v) is 11.0. The third kappa shape index (κ3) is 6.30. The number of hydrogen-bond donors (Lipinski definition) is 4. The van der Waals surface area contributed by atoms with Gasteiger partial charge in [0.05, 0.1) is 6.61 Å². The van der Waals surface area contributed by atoms with E-state index in [1.165, 1.54) is 93.2 Å². The Bertz CT molecular complexity index is 969. The van der Waals surface area contributed by atoms with Crippen LogP contribution in [0.1, 0.15) is 69.8 Å². The van der Waals surface area contributed by atoms with Gasteiger partial charge in [-0.15, -0.1) is 11.8 Å². The summed E-state index contributed by atoms with van der Waals surface area (Å²) in [7, 11) is 0. The number of carboxylic acids is 1. The Labute approximate surface area is 216 Å². The number of carbonyl (C=O) groups excluding carboxylic acids is 1. The fourth-order valence-electron chi connectivity index (χ4n) is 5.42. The lowest BCUT2D eigenvalue weighted by Gasteiger charge is -2.47. The van der Waals surface area contributed by atoms with E-state index in [4.69, 9.17) is 0 Å². The lowest BCUT2D eigenvalue weighted by atomic mass is 9.91. The Morgan fingerprint density at radius 1 is 1.06 bits per heavy atom. The fourth-order valence-corrected chi connectivity index (χ4v) is 6.75. The summed E-state index contributed by atoms with van der Waals surface area (Å²) in [6.45, 7) is -0.392. The molecule has 4 aliphatic rings. The highest BCUT2D eigenvalue weighted by molar-refractivity contribution is 8.00. The lowest BCUT2D eigenvalue weighted by molar-refractivity contribution is -0.147. The minimum absolute atomic E-state index is 0.0601. The molecule has 2 aliphatic heterocycles. The van der Waals surface area contributed by atoms with E-state index in [1.54, 1.807) is 18.2 Å². The zero-order valence-electron chi connectivity index (χ0n) is 20.6. The van der Waals surface area contributed by atoms with Gasteiger partial charge in [-0.05, 0) is 43.4 Å². The number of phenols is 1. The molecule has 8 nitrogen and oxygen atoms in total. The van der Waals surface area contributed by atoms with Gasteiger partial charge in [0, 0.05) is 29.6 Å². The molecule has 2 saturated carbocycles. The Morgan fingerprint density at radius 2 is 1.67 bits per heavy atom. The molecule has 3 fully saturated rings. The maximum absolute atomic E-state index is 12.2. The molecule has 2 atom stereocenters. The zero-order valence-corrected chi connectivity index (χ0v) is 21.5. The first-order valence-corrected chi connectivity index (χ1v) is 14.1. The normalized spacial score (nSPS) is 25.2. The molecule has 36 heavy (non-hydrogen) atoms. The summed E-state index contributed by atoms with van der Waals surface area (Å²) in [6.07, 6.45) is 16.0. The van der Waals surface area contributed by atoms with Gasteiger partial charge < -0.3 is 20.6 Å². The van der Waals surface area contributed by atoms with E-state index in [0.717, 1.165) is 12.1 Å². The van der Waals surface area contributed by atoms with Crippen molar-refractivity contribution in [1.82, 2.24) is 10.2 Å². The SMILES string of the molecule is C1CCC(NC2CCCCC2)CC1.O=C(O)C1=C(CO)CS[C@@H]2C(N=Cc3ccccc3O)C(=O)N12. The zero-order chi connectivity index (χ0) is 25.5. The molecule has 1 aromatic carbocycles. The fraction of sp³-hybridized carbons (Fsp3) is 0.593. The largest absolute Gasteiger partial charge is 0.507 e. The topological polar surface area (TPSA) is 122 Å². The van der Waals surface area contributed by atoms with E-state index in [1.807, 2.05) is 0 Å². The predicted molar refractivity (Wildman–Crippen MR) is 141 cm³/mol. The van der Waals surface area contributed by atoms with Crippen LogP contribution in [0.25, 0.3) is 0 Å². The van der Waals surface area contributed by atoms with E-state index in [9.17, 15) is 24.9 Å². The number of para-hydroxylation sites is 1. The van der Waals surface area contributed by atoms with Gasteiger partial charge in [-0.1, -0.05) is 50.7 Å². The van der Waals surface area contributed by atoms with Crippen molar-refractivity contribution in [3.63, 3.8) is 0 Å². The summed E-state index contributed by atoms with van der Waals surface area (Å²) in [5, 5.41) is 31.7. The third-order valence-corrected chi connectivity index (χ3v) is 8.73. The quantitative estimate of drug-likeness (QED) is 0.337. The highest BCUT2D eigenvalue weighted by atomic mass is 32.2. The third-order valence-electron chi connectivity index (χ3n) is 7.41. The first-order valence-electron chi connectivity index (χ1n) is 13.1. The summed E-state index contributed by atoms with van der Waals surface area (Å²) in [4.78, 5) is 29.0. The van der Waals surface area contributed by atoms with Crippen molar-refractivity contribution in [2.24, 2.45) is 4.99 Å². The molecule has 2 heterocycles. The van der Waals surface area contributed by atoms with Gasteiger partial charge in [0.1, 0.15) is 16.8 Å². The van der Waals surface area contributed by atoms with Gasteiger partial charge in [0.25, 0.3) is 5.91 Å². The Morgan fingerprint density at radius 3 is 2.22 bits per heavy atom. The molecule has 0 aromatic heterocycles. The molecule has 4 N–H and O–H groups in total. The van der Waals surface area contributed by atoms with E-state index in [2.05, 4.69) is 10.3 Å². The first-order chi connectivity index (χ1) is 17.5. The minimum Gasteiger partial charge on any atom is -0.507 e. The summed E-state index contributed by atoms with van der Waals surface area (Å²) in [5.74, 6) is -1.24. The van der Waals surface area contributed by atoms with E-state index in [-0.39, 0.29) is 11.4 Å². The lowest BCUT2D eigenvalue weighted by Crippen LogP contribution is -2.64. The molecule has 0 radical (unpaired) electrons. The monoisotopic (exact) mass is 515 g/mol. The van der Waals surface area contributed by atoms with Crippen molar-refractivity contribution in [1.29, 1.82) is 0 Å². The average molecular weight is 516 g/mol. The molecule has 0 bridgehead atoms. The number of thioether (sulfide) groups is 1. The maximum Gasteiger partial charge on any atom is 0.352 e. The van der Waals surface area contributed by atoms with Crippen molar-refractivity contribution in [2.45, 2.75) is 87.7 Å². The molecule has 1 amide bonds. The highest BCUT2D eigenvalue weighted by Gasteiger charge is 2.53. The summed E-state index contributed by atoms with van der Waals surface area (Å²) >= 11 is 1.37. The molecule has 196 valence electrons. The maximum atomic E-state index is 12.2. The standard InChI is InChI=1S/C15H14N2O5S.C12H23N/c18-6-9-7-23-14-11(13(20)17(14)12(9)15(21)22)16-5-8-3-1-2-4-10(8)19;1-3-7-11(8-4-1)13-12-9-5-2-6-10-12/h1-5,11,14,18-19H,6-7H2,(H,21,22);11-13H,1-10H2/t11?,14-;/m1./s1. The molecule has 0 spiro atoms. The number of carboxylic acid groups (broad SMARTS) is 1. The number of aliphatic hydroxyl groups excluding tert-OH is 1. The van der Waals surface area contributed by atoms with Crippen molar-refractivity contribution in [3.05, 3.63) is 41.1 Å². The molecule has 1 unspecified atom stereocenters. The van der Waals surface area contributed by atoms with Crippen molar-refractivity contribution < 1.29 is 24.9 Å². The number of aliphatic imine (C=N–C) groups is 1. The van der Waals surface area contributed by atoms with Gasteiger partial charge >= 0.3 is 5.97 Å². The summed E-state index contributed by atoms with van der Waals surface area (Å²) < 4.78 is 0. The Balaban J connectivity index is 0.000000197. The number of carbonyl (C=O) groups is 2. The van der Waals surface area contributed by atoms with Crippen LogP contribution in [-0.2, 0) is 9.59 Å². The van der Waals surface area contributed by atoms with Gasteiger partial charge in [-0.2, -0.15) is 0 Å². The Hall–Kier alpha value is -2.36. The molecule has 1 aromatic rings. The van der Waals surface area contributed by atoms with Crippen molar-refractivity contribution in [2.75, 3.05) is 12.4 Å². The van der Waals surface area contributed by atoms with Crippen LogP contribution in [0.4, 0.5) is 0 Å². The number of β-lactam (4-membered cyclic amide) rings is 1. The molecular weight excluding hydrogens is 478 g/mol. The van der Waals surface area contributed by atoms with Gasteiger partial charge in [0.15, 0.2) is 6.04 Å². The number of phenolic OH excluding ortho intramolecular Hbond substituents is 1. The van der Waals surface area contributed by atoms with Crippen LogP contribution in [-0.4, -0.2) is 74.2 Å². The molecule has 5 rings (SSSR count). The van der Waals surface area contributed by atoms with E-state index >= 15 is 0 Å². The number of benzene rings is 1. The number of aliphatic carboxylic acids is 1. The van der Waals surface area contributed by atoms with Gasteiger partial charge in [-0.25, -0.2) is 4.79 Å². The molecule has 1 saturated heterocycles. The first kappa shape index (κ1) is 26.7. The van der Waals surface area contributed by atoms with Crippen LogP contribution < -0.4 is 5.32 Å². The summed E-state index contributed by atoms with van der Waals surface area (Å²) in [5.41, 5.74) is 0.676. The van der Waals surface area contributed by atoms with Crippen LogP contribution in [0, 0.1) is 0 Å². The second-order valence-electron chi connectivity index (χ2n) is 9.94. The number of amides is 1. The average Bonchev–Trinajstić information content (AvgIpc) is 2.90. The van der Waals surface area contributed by atoms with Crippen LogP contribution in [0.5, 0.6) is 5.75 Å². The molecule has 9 heteroatoms. The number of fused-ring (bicyclic) bond motifs is 1. The van der Waals surface area contributed by atoms with Crippen LogP contribution in [0.2, 0.25) is 0 Å². The van der Waals surface area contributed by atoms with E-state index in [0.29, 0.717) is 16.9 Å². The van der Waals surface area contributed by atoms with Gasteiger partial charge in [0.2, 0.25) is 0 Å². The van der Waals surface area contributed by atoms with Crippen molar-refractivity contribution in [3.8, 4) is 5.75 Å². The molecule has 2 aliphatic carbocycles. The number of nitrogens with one attached hydrogen (secondary N) is 1. The van der Waals surface area contributed by atoms with Crippen molar-refractivity contribution >= 4 is 29.9 Å². The number of rotatable bonds is 6. The smallest absolute Gasteiger partial charge is 0.352 e. The Kier molecular flexibility index (Phi) is 9.45. The molecular formula is C27H37N3O5S. The number of aromatic hydroxyl groups is 1. The predicted octanol–water partition coefficient (Wildman–Crippen LogP) is 3.67.